The number of ether oxygens (including phenoxy) is 4. The van der Waals surface area contributed by atoms with Crippen molar-refractivity contribution in [1.82, 2.24) is 15.7 Å². The Morgan fingerprint density at radius 1 is 1.06 bits per heavy atom. The first-order valence-corrected chi connectivity index (χ1v) is 18.0. The highest BCUT2D eigenvalue weighted by atomic mass is 16.8. The smallest absolute Gasteiger partial charge is 0.327 e. The molecular weight excluding hydrogens is 630 g/mol. The molecule has 3 saturated carbocycles. The minimum atomic E-state index is -1.29. The van der Waals surface area contributed by atoms with Gasteiger partial charge < -0.3 is 34.7 Å². The molecule has 0 radical (unpaired) electrons. The van der Waals surface area contributed by atoms with Gasteiger partial charge in [0.05, 0.1) is 24.9 Å². The van der Waals surface area contributed by atoms with E-state index in [1.165, 1.54) is 18.4 Å². The SMILES string of the molecule is CC1(C)C[C@@H]2C(=Cc3ccccc3CN3O[C@@H]4[C@H]5OCO[C@H]5[C@H]5C[C@]4(C(=O)NCCC(=O)NCCO)[C@@H]3C(=O)O5)CCC3O[C@]3(C)CC[C@H]21. The number of esters is 1. The molecule has 10 atom stereocenters. The zero-order valence-electron chi connectivity index (χ0n) is 28.7. The van der Waals surface area contributed by atoms with Crippen LogP contribution in [0.5, 0.6) is 0 Å². The Hall–Kier alpha value is -2.87. The van der Waals surface area contributed by atoms with Gasteiger partial charge in [-0.25, -0.2) is 0 Å². The van der Waals surface area contributed by atoms with Crippen molar-refractivity contribution in [2.24, 2.45) is 22.7 Å². The number of carbonyl (C=O) groups is 3. The molecule has 8 rings (SSSR count). The minimum absolute atomic E-state index is 0.0166. The molecule has 1 unspecified atom stereocenters. The van der Waals surface area contributed by atoms with Crippen LogP contribution in [0.3, 0.4) is 0 Å². The van der Waals surface area contributed by atoms with Crippen LogP contribution >= 0.6 is 0 Å². The number of benzene rings is 1. The Morgan fingerprint density at radius 2 is 1.88 bits per heavy atom. The van der Waals surface area contributed by atoms with Crippen molar-refractivity contribution in [2.75, 3.05) is 26.5 Å². The largest absolute Gasteiger partial charge is 0.458 e. The molecule has 12 heteroatoms. The zero-order chi connectivity index (χ0) is 34.1. The fourth-order valence-corrected chi connectivity index (χ4v) is 9.96. The minimum Gasteiger partial charge on any atom is -0.458 e. The highest BCUT2D eigenvalue weighted by Gasteiger charge is 2.74. The number of aliphatic hydroxyl groups is 1. The Kier molecular flexibility index (Phi) is 8.43. The third-order valence-corrected chi connectivity index (χ3v) is 12.7. The van der Waals surface area contributed by atoms with Crippen LogP contribution < -0.4 is 10.6 Å². The number of nitrogens with zero attached hydrogens (tertiary/aromatic N) is 1. The molecule has 4 saturated heterocycles. The van der Waals surface area contributed by atoms with Crippen LogP contribution in [0.4, 0.5) is 0 Å². The number of fused-ring (bicyclic) bond motifs is 6. The molecule has 0 aromatic heterocycles. The maximum absolute atomic E-state index is 14.2. The van der Waals surface area contributed by atoms with E-state index < -0.39 is 41.8 Å². The molecule has 1 aromatic rings. The number of nitrogens with one attached hydrogen (secondary N) is 2. The number of hydrogen-bond acceptors (Lipinski definition) is 10. The average Bonchev–Trinajstić information content (AvgIpc) is 3.37. The van der Waals surface area contributed by atoms with E-state index in [0.717, 1.165) is 30.4 Å². The summed E-state index contributed by atoms with van der Waals surface area (Å²) in [6.07, 6.45) is 5.86. The maximum Gasteiger partial charge on any atom is 0.327 e. The van der Waals surface area contributed by atoms with Gasteiger partial charge in [0.1, 0.15) is 36.6 Å². The van der Waals surface area contributed by atoms with Crippen molar-refractivity contribution in [1.29, 1.82) is 0 Å². The van der Waals surface area contributed by atoms with Crippen molar-refractivity contribution in [3.8, 4) is 0 Å². The van der Waals surface area contributed by atoms with E-state index in [4.69, 9.17) is 28.9 Å². The summed E-state index contributed by atoms with van der Waals surface area (Å²) in [5, 5.41) is 16.1. The second kappa shape index (κ2) is 12.4. The number of hydroxylamine groups is 2. The number of amides is 2. The number of aliphatic hydroxyl groups excluding tert-OH is 1. The van der Waals surface area contributed by atoms with Gasteiger partial charge in [0.25, 0.3) is 0 Å². The highest BCUT2D eigenvalue weighted by molar-refractivity contribution is 5.94. The maximum atomic E-state index is 14.2. The second-order valence-electron chi connectivity index (χ2n) is 16.0. The third kappa shape index (κ3) is 5.63. The van der Waals surface area contributed by atoms with Gasteiger partial charge in [-0.2, -0.15) is 5.06 Å². The standard InChI is InChI=1S/C37H49N3O9/c1-35(2)17-24-22(8-9-27-36(3,48-27)12-10-25(24)35)16-21-6-4-5-7-23(21)19-40-31-33(43)47-26-18-37(31,32(49-40)30-29(26)45-20-46-30)34(44)39-13-11-28(42)38-14-15-41/h4-7,16,24-27,29-32,41H,8-15,17-20H2,1-3H3,(H,38,42)(H,39,44)/t24-,25-,26-,27?,29+,30+,31+,32-,36-,37+/m1/s1. The normalized spacial score (nSPS) is 40.8. The van der Waals surface area contributed by atoms with Crippen LogP contribution in [0.15, 0.2) is 29.8 Å². The average molecular weight is 680 g/mol. The quantitative estimate of drug-likeness (QED) is 0.263. The number of allylic oxidation sites excluding steroid dienone is 1. The molecule has 7 aliphatic rings. The molecule has 0 spiro atoms. The van der Waals surface area contributed by atoms with E-state index in [-0.39, 0.29) is 63.3 Å². The van der Waals surface area contributed by atoms with Gasteiger partial charge in [-0.05, 0) is 67.4 Å². The molecule has 7 fully saturated rings. The lowest BCUT2D eigenvalue weighted by atomic mass is 9.52. The fourth-order valence-electron chi connectivity index (χ4n) is 9.96. The first-order valence-electron chi connectivity index (χ1n) is 18.0. The second-order valence-corrected chi connectivity index (χ2v) is 16.0. The first-order chi connectivity index (χ1) is 23.5. The van der Waals surface area contributed by atoms with Crippen LogP contribution in [-0.4, -0.2) is 96.6 Å². The van der Waals surface area contributed by atoms with Gasteiger partial charge >= 0.3 is 5.97 Å². The number of epoxide rings is 1. The van der Waals surface area contributed by atoms with Crippen LogP contribution in [0.2, 0.25) is 0 Å². The number of rotatable bonds is 9. The number of hydrogen-bond donors (Lipinski definition) is 3. The van der Waals surface area contributed by atoms with E-state index in [2.05, 4.69) is 49.6 Å². The van der Waals surface area contributed by atoms with E-state index in [9.17, 15) is 14.4 Å². The molecule has 3 N–H and O–H groups in total. The van der Waals surface area contributed by atoms with Gasteiger partial charge in [-0.3, -0.25) is 19.2 Å². The van der Waals surface area contributed by atoms with E-state index >= 15 is 0 Å². The summed E-state index contributed by atoms with van der Waals surface area (Å²) in [6.45, 7) is 7.39. The molecule has 2 amide bonds. The van der Waals surface area contributed by atoms with Gasteiger partial charge in [-0.15, -0.1) is 0 Å². The first kappa shape index (κ1) is 33.3. The van der Waals surface area contributed by atoms with Gasteiger partial charge in [0.15, 0.2) is 6.04 Å². The molecular formula is C37H49N3O9. The van der Waals surface area contributed by atoms with Crippen molar-refractivity contribution >= 4 is 23.9 Å². The van der Waals surface area contributed by atoms with E-state index in [0.29, 0.717) is 23.4 Å². The predicted octanol–water partition coefficient (Wildman–Crippen LogP) is 2.62. The molecule has 2 bridgehead atoms. The van der Waals surface area contributed by atoms with E-state index in [1.807, 2.05) is 12.1 Å². The van der Waals surface area contributed by atoms with Crippen molar-refractivity contribution in [3.05, 3.63) is 41.0 Å². The van der Waals surface area contributed by atoms with Gasteiger partial charge in [0, 0.05) is 25.9 Å². The third-order valence-electron chi connectivity index (χ3n) is 12.7. The van der Waals surface area contributed by atoms with Gasteiger partial charge in [-0.1, -0.05) is 49.8 Å². The molecule has 3 aliphatic carbocycles. The molecule has 266 valence electrons. The summed E-state index contributed by atoms with van der Waals surface area (Å²) in [6, 6.07) is 7.21. The molecule has 1 aromatic carbocycles. The topological polar surface area (TPSA) is 148 Å². The summed E-state index contributed by atoms with van der Waals surface area (Å²) >= 11 is 0. The predicted molar refractivity (Wildman–Crippen MR) is 175 cm³/mol. The summed E-state index contributed by atoms with van der Waals surface area (Å²) in [5.41, 5.74) is 2.56. The Balaban J connectivity index is 1.07. The van der Waals surface area contributed by atoms with Gasteiger partial charge in [0.2, 0.25) is 11.8 Å². The Morgan fingerprint density at radius 3 is 2.69 bits per heavy atom. The van der Waals surface area contributed by atoms with Crippen LogP contribution in [0.25, 0.3) is 6.08 Å². The lowest BCUT2D eigenvalue weighted by molar-refractivity contribution is -0.201. The Bertz CT molecular complexity index is 1530. The fraction of sp³-hybridized carbons (Fsp3) is 0.703. The van der Waals surface area contributed by atoms with Crippen molar-refractivity contribution in [3.63, 3.8) is 0 Å². The molecule has 12 nitrogen and oxygen atoms in total. The summed E-state index contributed by atoms with van der Waals surface area (Å²) in [5.74, 6) is -0.0334. The lowest BCUT2D eigenvalue weighted by Gasteiger charge is -2.53. The van der Waals surface area contributed by atoms with Crippen LogP contribution in [0, 0.1) is 22.7 Å². The summed E-state index contributed by atoms with van der Waals surface area (Å²) < 4.78 is 24.0. The lowest BCUT2D eigenvalue weighted by Crippen LogP contribution is -2.69. The zero-order valence-corrected chi connectivity index (χ0v) is 28.7. The monoisotopic (exact) mass is 679 g/mol. The molecule has 4 heterocycles. The molecule has 49 heavy (non-hydrogen) atoms. The van der Waals surface area contributed by atoms with Crippen LogP contribution in [-0.2, 0) is 44.7 Å². The molecule has 4 aliphatic heterocycles. The van der Waals surface area contributed by atoms with E-state index in [1.54, 1.807) is 5.06 Å². The van der Waals surface area contributed by atoms with Crippen LogP contribution in [0.1, 0.15) is 76.8 Å². The van der Waals surface area contributed by atoms with Crippen molar-refractivity contribution in [2.45, 2.75) is 114 Å². The highest BCUT2D eigenvalue weighted by Crippen LogP contribution is 2.60. The Labute approximate surface area is 287 Å². The summed E-state index contributed by atoms with van der Waals surface area (Å²) in [7, 11) is 0. The summed E-state index contributed by atoms with van der Waals surface area (Å²) in [4.78, 5) is 46.8. The number of carbonyl (C=O) groups excluding carboxylic acids is 3. The van der Waals surface area contributed by atoms with Crippen molar-refractivity contribution < 1.29 is 43.3 Å².